The Morgan fingerprint density at radius 2 is 1.85 bits per heavy atom. The van der Waals surface area contributed by atoms with Gasteiger partial charge in [0.05, 0.1) is 24.0 Å². The minimum Gasteiger partial charge on any atom is -0.356 e. The number of hydrogen-bond donors (Lipinski definition) is 1. The van der Waals surface area contributed by atoms with Crippen molar-refractivity contribution in [2.75, 3.05) is 36.0 Å². The van der Waals surface area contributed by atoms with Crippen molar-refractivity contribution in [2.24, 2.45) is 5.92 Å². The van der Waals surface area contributed by atoms with Gasteiger partial charge in [-0.15, -0.1) is 0 Å². The summed E-state index contributed by atoms with van der Waals surface area (Å²) < 4.78 is 1.81. The summed E-state index contributed by atoms with van der Waals surface area (Å²) in [5.41, 5.74) is 1.62. The van der Waals surface area contributed by atoms with Crippen LogP contribution in [0.4, 0.5) is 11.5 Å². The SMILES string of the molecule is O=C(NCCn1ncc2c(N3CCCCCC3)ncnc21)[C@H]1CC(=O)N(c2ccccc2)C1. The Labute approximate surface area is 192 Å². The van der Waals surface area contributed by atoms with Gasteiger partial charge < -0.3 is 15.1 Å². The third-order valence-corrected chi connectivity index (χ3v) is 6.50. The van der Waals surface area contributed by atoms with Gasteiger partial charge in [-0.3, -0.25) is 9.59 Å². The summed E-state index contributed by atoms with van der Waals surface area (Å²) in [6.45, 7) is 3.36. The molecule has 0 saturated carbocycles. The summed E-state index contributed by atoms with van der Waals surface area (Å²) >= 11 is 0. The molecule has 0 radical (unpaired) electrons. The zero-order valence-electron chi connectivity index (χ0n) is 18.7. The number of carbonyl (C=O) groups excluding carboxylic acids is 2. The van der Waals surface area contributed by atoms with E-state index in [2.05, 4.69) is 25.3 Å². The molecule has 3 aromatic rings. The van der Waals surface area contributed by atoms with Gasteiger partial charge in [-0.05, 0) is 25.0 Å². The van der Waals surface area contributed by atoms with Crippen molar-refractivity contribution >= 4 is 34.4 Å². The molecule has 2 saturated heterocycles. The van der Waals surface area contributed by atoms with E-state index in [4.69, 9.17) is 0 Å². The fourth-order valence-corrected chi connectivity index (χ4v) is 4.75. The van der Waals surface area contributed by atoms with E-state index in [9.17, 15) is 9.59 Å². The number of aromatic nitrogens is 4. The number of amides is 2. The molecular formula is C24H29N7O2. The number of hydrogen-bond acceptors (Lipinski definition) is 6. The predicted octanol–water partition coefficient (Wildman–Crippen LogP) is 2.38. The van der Waals surface area contributed by atoms with Crippen LogP contribution in [-0.2, 0) is 16.1 Å². The third kappa shape index (κ3) is 4.53. The van der Waals surface area contributed by atoms with Gasteiger partial charge >= 0.3 is 0 Å². The lowest BCUT2D eigenvalue weighted by Gasteiger charge is -2.21. The summed E-state index contributed by atoms with van der Waals surface area (Å²) in [7, 11) is 0. The number of nitrogens with zero attached hydrogens (tertiary/aromatic N) is 6. The standard InChI is InChI=1S/C24H29N7O2/c32-21-14-18(16-30(21)19-8-4-3-5-9-19)24(33)25-10-13-31-23-20(15-28-31)22(26-17-27-23)29-11-6-1-2-7-12-29/h3-5,8-9,15,17-18H,1-2,6-7,10-14,16H2,(H,25,33)/t18-/m0/s1. The first-order valence-corrected chi connectivity index (χ1v) is 11.8. The molecule has 0 aliphatic carbocycles. The number of carbonyl (C=O) groups is 2. The Hall–Kier alpha value is -3.49. The first-order valence-electron chi connectivity index (χ1n) is 11.8. The van der Waals surface area contributed by atoms with Crippen molar-refractivity contribution < 1.29 is 9.59 Å². The molecule has 172 valence electrons. The molecule has 2 fully saturated rings. The number of nitrogens with one attached hydrogen (secondary N) is 1. The lowest BCUT2D eigenvalue weighted by atomic mass is 10.1. The highest BCUT2D eigenvalue weighted by Gasteiger charge is 2.34. The van der Waals surface area contributed by atoms with Gasteiger partial charge in [0.1, 0.15) is 12.1 Å². The Bertz CT molecular complexity index is 1120. The number of rotatable bonds is 6. The average molecular weight is 448 g/mol. The second-order valence-corrected chi connectivity index (χ2v) is 8.74. The first kappa shape index (κ1) is 21.4. The van der Waals surface area contributed by atoms with Gasteiger partial charge in [-0.25, -0.2) is 14.6 Å². The number of benzene rings is 1. The second-order valence-electron chi connectivity index (χ2n) is 8.74. The van der Waals surface area contributed by atoms with E-state index in [1.165, 1.54) is 25.7 Å². The van der Waals surface area contributed by atoms with E-state index in [1.54, 1.807) is 11.2 Å². The molecule has 5 rings (SSSR count). The lowest BCUT2D eigenvalue weighted by molar-refractivity contribution is -0.126. The molecule has 1 atom stereocenters. The van der Waals surface area contributed by atoms with Crippen LogP contribution in [0.3, 0.4) is 0 Å². The fourth-order valence-electron chi connectivity index (χ4n) is 4.75. The molecule has 0 unspecified atom stereocenters. The van der Waals surface area contributed by atoms with Crippen molar-refractivity contribution in [3.8, 4) is 0 Å². The van der Waals surface area contributed by atoms with E-state index in [1.807, 2.05) is 41.2 Å². The molecule has 1 N–H and O–H groups in total. The van der Waals surface area contributed by atoms with Crippen molar-refractivity contribution in [3.63, 3.8) is 0 Å². The monoisotopic (exact) mass is 447 g/mol. The van der Waals surface area contributed by atoms with E-state index >= 15 is 0 Å². The van der Waals surface area contributed by atoms with Crippen molar-refractivity contribution in [3.05, 3.63) is 42.9 Å². The molecular weight excluding hydrogens is 418 g/mol. The summed E-state index contributed by atoms with van der Waals surface area (Å²) in [5, 5.41) is 8.43. The maximum absolute atomic E-state index is 12.7. The van der Waals surface area contributed by atoms with Crippen molar-refractivity contribution in [1.29, 1.82) is 0 Å². The Morgan fingerprint density at radius 1 is 1.06 bits per heavy atom. The van der Waals surface area contributed by atoms with Gasteiger partial charge in [-0.1, -0.05) is 31.0 Å². The highest BCUT2D eigenvalue weighted by molar-refractivity contribution is 6.00. The van der Waals surface area contributed by atoms with Crippen LogP contribution < -0.4 is 15.1 Å². The van der Waals surface area contributed by atoms with Crippen LogP contribution >= 0.6 is 0 Å². The smallest absolute Gasteiger partial charge is 0.227 e. The van der Waals surface area contributed by atoms with Crippen LogP contribution in [0.2, 0.25) is 0 Å². The van der Waals surface area contributed by atoms with Crippen LogP contribution in [0.1, 0.15) is 32.1 Å². The van der Waals surface area contributed by atoms with Gasteiger partial charge in [0.15, 0.2) is 5.65 Å². The summed E-state index contributed by atoms with van der Waals surface area (Å²) in [4.78, 5) is 38.1. The quantitative estimate of drug-likeness (QED) is 0.623. The van der Waals surface area contributed by atoms with Crippen LogP contribution in [0.15, 0.2) is 42.9 Å². The van der Waals surface area contributed by atoms with E-state index in [0.717, 1.165) is 35.6 Å². The zero-order valence-corrected chi connectivity index (χ0v) is 18.7. The molecule has 1 aromatic carbocycles. The minimum absolute atomic E-state index is 0.0165. The summed E-state index contributed by atoms with van der Waals surface area (Å²) in [6.07, 6.45) is 8.54. The molecule has 9 nitrogen and oxygen atoms in total. The summed E-state index contributed by atoms with van der Waals surface area (Å²) in [5.74, 6) is 0.488. The molecule has 0 spiro atoms. The molecule has 9 heteroatoms. The van der Waals surface area contributed by atoms with Gasteiger partial charge in [0.2, 0.25) is 11.8 Å². The van der Waals surface area contributed by atoms with Crippen LogP contribution in [0.5, 0.6) is 0 Å². The second kappa shape index (κ2) is 9.56. The molecule has 2 aliphatic heterocycles. The van der Waals surface area contributed by atoms with Crippen LogP contribution in [0.25, 0.3) is 11.0 Å². The molecule has 2 amide bonds. The molecule has 33 heavy (non-hydrogen) atoms. The average Bonchev–Trinajstić information content (AvgIpc) is 3.33. The third-order valence-electron chi connectivity index (χ3n) is 6.50. The molecule has 4 heterocycles. The van der Waals surface area contributed by atoms with Crippen LogP contribution in [-0.4, -0.2) is 57.7 Å². The number of para-hydroxylation sites is 1. The highest BCUT2D eigenvalue weighted by atomic mass is 16.2. The maximum Gasteiger partial charge on any atom is 0.227 e. The minimum atomic E-state index is -0.343. The Morgan fingerprint density at radius 3 is 2.64 bits per heavy atom. The fraction of sp³-hybridized carbons (Fsp3) is 0.458. The van der Waals surface area contributed by atoms with E-state index in [0.29, 0.717) is 19.6 Å². The van der Waals surface area contributed by atoms with Gasteiger partial charge in [0, 0.05) is 38.3 Å². The van der Waals surface area contributed by atoms with E-state index < -0.39 is 0 Å². The summed E-state index contributed by atoms with van der Waals surface area (Å²) in [6, 6.07) is 9.49. The van der Waals surface area contributed by atoms with E-state index in [-0.39, 0.29) is 24.2 Å². The number of anilines is 2. The van der Waals surface area contributed by atoms with Crippen LogP contribution in [0, 0.1) is 5.92 Å². The topological polar surface area (TPSA) is 96.2 Å². The van der Waals surface area contributed by atoms with Crippen molar-refractivity contribution in [1.82, 2.24) is 25.1 Å². The Balaban J connectivity index is 1.20. The molecule has 2 aromatic heterocycles. The normalized spacial score (nSPS) is 19.2. The molecule has 2 aliphatic rings. The Kier molecular flexibility index (Phi) is 6.19. The van der Waals surface area contributed by atoms with Crippen molar-refractivity contribution in [2.45, 2.75) is 38.6 Å². The zero-order chi connectivity index (χ0) is 22.6. The maximum atomic E-state index is 12.7. The lowest BCUT2D eigenvalue weighted by Crippen LogP contribution is -2.35. The number of fused-ring (bicyclic) bond motifs is 1. The first-order chi connectivity index (χ1) is 16.2. The largest absolute Gasteiger partial charge is 0.356 e. The van der Waals surface area contributed by atoms with Gasteiger partial charge in [-0.2, -0.15) is 5.10 Å². The molecule has 0 bridgehead atoms. The van der Waals surface area contributed by atoms with Gasteiger partial charge in [0.25, 0.3) is 0 Å². The highest BCUT2D eigenvalue weighted by Crippen LogP contribution is 2.26. The predicted molar refractivity (Wildman–Crippen MR) is 126 cm³/mol.